The van der Waals surface area contributed by atoms with Gasteiger partial charge in [0.2, 0.25) is 5.91 Å². The number of nitrogens with zero attached hydrogens (tertiary/aromatic N) is 2. The molecule has 0 spiro atoms. The van der Waals surface area contributed by atoms with Gasteiger partial charge in [0, 0.05) is 12.6 Å². The van der Waals surface area contributed by atoms with Crippen molar-refractivity contribution in [2.75, 3.05) is 6.54 Å². The highest BCUT2D eigenvalue weighted by Gasteiger charge is 2.34. The predicted octanol–water partition coefficient (Wildman–Crippen LogP) is 2.69. The van der Waals surface area contributed by atoms with Gasteiger partial charge in [-0.3, -0.25) is 4.79 Å². The molecule has 0 aliphatic heterocycles. The van der Waals surface area contributed by atoms with Gasteiger partial charge >= 0.3 is 0 Å². The van der Waals surface area contributed by atoms with Crippen molar-refractivity contribution >= 4 is 5.91 Å². The molecule has 0 radical (unpaired) electrons. The Labute approximate surface area is 108 Å². The zero-order valence-corrected chi connectivity index (χ0v) is 10.7. The highest BCUT2D eigenvalue weighted by molar-refractivity contribution is 5.83. The van der Waals surface area contributed by atoms with Crippen LogP contribution in [0.15, 0.2) is 30.3 Å². The second kappa shape index (κ2) is 5.68. The molecule has 1 aromatic rings. The van der Waals surface area contributed by atoms with E-state index in [1.807, 2.05) is 42.2 Å². The van der Waals surface area contributed by atoms with Crippen LogP contribution < -0.4 is 0 Å². The standard InChI is InChI=1S/C15H18N2O/c1-12(13-6-3-2-4-7-13)15(18)17(11-5-10-16)14-8-9-14/h2-4,6-7,12,14H,5,8-9,11H2,1H3. The van der Waals surface area contributed by atoms with E-state index in [4.69, 9.17) is 5.26 Å². The lowest BCUT2D eigenvalue weighted by Gasteiger charge is -2.25. The van der Waals surface area contributed by atoms with Gasteiger partial charge in [0.15, 0.2) is 0 Å². The third kappa shape index (κ3) is 2.89. The van der Waals surface area contributed by atoms with Crippen molar-refractivity contribution in [3.63, 3.8) is 0 Å². The number of benzene rings is 1. The number of rotatable bonds is 5. The smallest absolute Gasteiger partial charge is 0.230 e. The Morgan fingerprint density at radius 2 is 2.11 bits per heavy atom. The predicted molar refractivity (Wildman–Crippen MR) is 69.8 cm³/mol. The van der Waals surface area contributed by atoms with E-state index >= 15 is 0 Å². The summed E-state index contributed by atoms with van der Waals surface area (Å²) in [5.41, 5.74) is 1.05. The number of hydrogen-bond acceptors (Lipinski definition) is 2. The molecule has 94 valence electrons. The summed E-state index contributed by atoms with van der Waals surface area (Å²) in [4.78, 5) is 14.3. The first-order valence-corrected chi connectivity index (χ1v) is 6.46. The molecule has 1 amide bonds. The second-order valence-electron chi connectivity index (χ2n) is 4.80. The van der Waals surface area contributed by atoms with E-state index in [9.17, 15) is 4.79 Å². The first kappa shape index (κ1) is 12.6. The maximum Gasteiger partial charge on any atom is 0.230 e. The molecule has 3 nitrogen and oxygen atoms in total. The summed E-state index contributed by atoms with van der Waals surface area (Å²) in [5.74, 6) is 0.0319. The molecule has 0 aromatic heterocycles. The van der Waals surface area contributed by atoms with E-state index in [-0.39, 0.29) is 11.8 Å². The third-order valence-electron chi connectivity index (χ3n) is 3.41. The monoisotopic (exact) mass is 242 g/mol. The zero-order valence-electron chi connectivity index (χ0n) is 10.7. The van der Waals surface area contributed by atoms with Crippen LogP contribution in [0.5, 0.6) is 0 Å². The van der Waals surface area contributed by atoms with Gasteiger partial charge in [-0.1, -0.05) is 30.3 Å². The van der Waals surface area contributed by atoms with Crippen LogP contribution in [-0.2, 0) is 4.79 Å². The summed E-state index contributed by atoms with van der Waals surface area (Å²) >= 11 is 0. The summed E-state index contributed by atoms with van der Waals surface area (Å²) < 4.78 is 0. The fraction of sp³-hybridized carbons (Fsp3) is 0.467. The van der Waals surface area contributed by atoms with E-state index in [1.54, 1.807) is 0 Å². The normalized spacial score (nSPS) is 15.8. The maximum absolute atomic E-state index is 12.4. The van der Waals surface area contributed by atoms with E-state index in [0.29, 0.717) is 19.0 Å². The lowest BCUT2D eigenvalue weighted by atomic mass is 9.99. The van der Waals surface area contributed by atoms with Gasteiger partial charge in [0.05, 0.1) is 18.4 Å². The van der Waals surface area contributed by atoms with Crippen LogP contribution in [0, 0.1) is 11.3 Å². The molecule has 3 heteroatoms. The van der Waals surface area contributed by atoms with Crippen LogP contribution in [0.3, 0.4) is 0 Å². The van der Waals surface area contributed by atoms with Crippen molar-refractivity contribution in [3.05, 3.63) is 35.9 Å². The molecule has 1 aliphatic rings. The molecule has 0 saturated heterocycles. The first-order valence-electron chi connectivity index (χ1n) is 6.46. The number of hydrogen-bond donors (Lipinski definition) is 0. The minimum absolute atomic E-state index is 0.120. The Balaban J connectivity index is 2.06. The van der Waals surface area contributed by atoms with Gasteiger partial charge < -0.3 is 4.90 Å². The zero-order chi connectivity index (χ0) is 13.0. The van der Waals surface area contributed by atoms with Crippen molar-refractivity contribution in [2.45, 2.75) is 38.1 Å². The summed E-state index contributed by atoms with van der Waals surface area (Å²) in [6, 6.07) is 12.3. The first-order chi connectivity index (χ1) is 8.74. The van der Waals surface area contributed by atoms with Crippen LogP contribution in [0.4, 0.5) is 0 Å². The fourth-order valence-corrected chi connectivity index (χ4v) is 2.16. The average molecular weight is 242 g/mol. The van der Waals surface area contributed by atoms with Gasteiger partial charge in [0.1, 0.15) is 0 Å². The second-order valence-corrected chi connectivity index (χ2v) is 4.80. The van der Waals surface area contributed by atoms with Gasteiger partial charge in [-0.15, -0.1) is 0 Å². The molecular weight excluding hydrogens is 224 g/mol. The lowest BCUT2D eigenvalue weighted by molar-refractivity contribution is -0.133. The van der Waals surface area contributed by atoms with E-state index < -0.39 is 0 Å². The molecule has 1 atom stereocenters. The summed E-state index contributed by atoms with van der Waals surface area (Å²) in [6.07, 6.45) is 2.58. The Kier molecular flexibility index (Phi) is 3.99. The molecule has 1 fully saturated rings. The largest absolute Gasteiger partial charge is 0.338 e. The van der Waals surface area contributed by atoms with Crippen molar-refractivity contribution in [1.82, 2.24) is 4.90 Å². The van der Waals surface area contributed by atoms with Crippen LogP contribution in [0.25, 0.3) is 0 Å². The Hall–Kier alpha value is -1.82. The fourth-order valence-electron chi connectivity index (χ4n) is 2.16. The highest BCUT2D eigenvalue weighted by Crippen LogP contribution is 2.30. The summed E-state index contributed by atoms with van der Waals surface area (Å²) in [7, 11) is 0. The van der Waals surface area contributed by atoms with Gasteiger partial charge in [-0.05, 0) is 25.3 Å². The van der Waals surface area contributed by atoms with Crippen LogP contribution in [-0.4, -0.2) is 23.4 Å². The molecule has 1 unspecified atom stereocenters. The molecular formula is C15H18N2O. The Morgan fingerprint density at radius 3 is 2.67 bits per heavy atom. The van der Waals surface area contributed by atoms with Gasteiger partial charge in [-0.2, -0.15) is 5.26 Å². The number of carbonyl (C=O) groups is 1. The van der Waals surface area contributed by atoms with Crippen molar-refractivity contribution < 1.29 is 4.79 Å². The minimum Gasteiger partial charge on any atom is -0.338 e. The Morgan fingerprint density at radius 1 is 1.44 bits per heavy atom. The van der Waals surface area contributed by atoms with Crippen LogP contribution in [0.2, 0.25) is 0 Å². The molecule has 2 rings (SSSR count). The van der Waals surface area contributed by atoms with E-state index in [1.165, 1.54) is 0 Å². The molecule has 1 aromatic carbocycles. The van der Waals surface area contributed by atoms with Crippen molar-refractivity contribution in [3.8, 4) is 6.07 Å². The number of nitriles is 1. The quantitative estimate of drug-likeness (QED) is 0.796. The maximum atomic E-state index is 12.4. The van der Waals surface area contributed by atoms with Gasteiger partial charge in [0.25, 0.3) is 0 Å². The summed E-state index contributed by atoms with van der Waals surface area (Å²) in [6.45, 7) is 2.51. The van der Waals surface area contributed by atoms with Crippen molar-refractivity contribution in [2.24, 2.45) is 0 Å². The van der Waals surface area contributed by atoms with Crippen LogP contribution in [0.1, 0.15) is 37.7 Å². The molecule has 0 heterocycles. The molecule has 1 saturated carbocycles. The topological polar surface area (TPSA) is 44.1 Å². The SMILES string of the molecule is CC(C(=O)N(CCC#N)C1CC1)c1ccccc1. The van der Waals surface area contributed by atoms with E-state index in [0.717, 1.165) is 18.4 Å². The van der Waals surface area contributed by atoms with Gasteiger partial charge in [-0.25, -0.2) is 0 Å². The highest BCUT2D eigenvalue weighted by atomic mass is 16.2. The average Bonchev–Trinajstić information content (AvgIpc) is 3.24. The number of carbonyl (C=O) groups excluding carboxylic acids is 1. The minimum atomic E-state index is -0.120. The lowest BCUT2D eigenvalue weighted by Crippen LogP contribution is -2.36. The molecule has 0 bridgehead atoms. The summed E-state index contributed by atoms with van der Waals surface area (Å²) in [5, 5.41) is 8.67. The molecule has 18 heavy (non-hydrogen) atoms. The molecule has 1 aliphatic carbocycles. The molecule has 0 N–H and O–H groups in total. The number of amides is 1. The van der Waals surface area contributed by atoms with Crippen molar-refractivity contribution in [1.29, 1.82) is 5.26 Å². The Bertz CT molecular complexity index is 445. The van der Waals surface area contributed by atoms with E-state index in [2.05, 4.69) is 6.07 Å². The third-order valence-corrected chi connectivity index (χ3v) is 3.41. The van der Waals surface area contributed by atoms with Crippen LogP contribution >= 0.6 is 0 Å².